The quantitative estimate of drug-likeness (QED) is 0.683. The molecule has 10 heteroatoms. The summed E-state index contributed by atoms with van der Waals surface area (Å²) in [6.07, 6.45) is 4.28. The van der Waals surface area contributed by atoms with Crippen LogP contribution in [0.15, 0.2) is 55.1 Å². The second-order valence-corrected chi connectivity index (χ2v) is 9.16. The number of rotatable bonds is 4. The molecule has 0 spiro atoms. The molecule has 0 fully saturated rings. The van der Waals surface area contributed by atoms with Gasteiger partial charge < -0.3 is 5.32 Å². The van der Waals surface area contributed by atoms with Crippen molar-refractivity contribution in [2.75, 3.05) is 11.6 Å². The van der Waals surface area contributed by atoms with Crippen molar-refractivity contribution in [2.45, 2.75) is 19.0 Å². The molecule has 1 unspecified atom stereocenters. The molecule has 3 aromatic rings. The minimum Gasteiger partial charge on any atom is -0.323 e. The molecular weight excluding hydrogens is 414 g/mol. The third kappa shape index (κ3) is 4.02. The number of hydrogen-bond donors (Lipinski definition) is 1. The Morgan fingerprint density at radius 1 is 1.21 bits per heavy atom. The smallest absolute Gasteiger partial charge is 0.243 e. The molecule has 1 amide bonds. The summed E-state index contributed by atoms with van der Waals surface area (Å²) in [5, 5.41) is 7.34. The number of fused-ring (bicyclic) bond motifs is 1. The van der Waals surface area contributed by atoms with Crippen LogP contribution in [-0.4, -0.2) is 45.7 Å². The predicted molar refractivity (Wildman–Crippen MR) is 109 cm³/mol. The van der Waals surface area contributed by atoms with Crippen molar-refractivity contribution < 1.29 is 13.2 Å². The Morgan fingerprint density at radius 3 is 2.66 bits per heavy atom. The Kier molecular flexibility index (Phi) is 5.12. The molecule has 1 aliphatic heterocycles. The van der Waals surface area contributed by atoms with Gasteiger partial charge in [-0.3, -0.25) is 4.79 Å². The minimum absolute atomic E-state index is 0.151. The van der Waals surface area contributed by atoms with Crippen LogP contribution in [0.1, 0.15) is 11.1 Å². The van der Waals surface area contributed by atoms with Gasteiger partial charge >= 0.3 is 0 Å². The van der Waals surface area contributed by atoms with Crippen LogP contribution >= 0.6 is 11.6 Å². The Morgan fingerprint density at radius 2 is 1.97 bits per heavy atom. The van der Waals surface area contributed by atoms with E-state index in [4.69, 9.17) is 11.6 Å². The van der Waals surface area contributed by atoms with Gasteiger partial charge in [0.05, 0.1) is 17.6 Å². The third-order valence-electron chi connectivity index (χ3n) is 4.82. The molecule has 1 aliphatic rings. The highest BCUT2D eigenvalue weighted by atomic mass is 35.5. The molecule has 4 rings (SSSR count). The maximum Gasteiger partial charge on any atom is 0.243 e. The molecule has 0 radical (unpaired) electrons. The second kappa shape index (κ2) is 7.58. The van der Waals surface area contributed by atoms with E-state index in [1.54, 1.807) is 18.2 Å². The van der Waals surface area contributed by atoms with Gasteiger partial charge in [-0.05, 0) is 35.7 Å². The molecule has 1 atom stereocenters. The Bertz CT molecular complexity index is 1160. The van der Waals surface area contributed by atoms with Crippen LogP contribution < -0.4 is 5.32 Å². The van der Waals surface area contributed by atoms with Gasteiger partial charge in [-0.2, -0.15) is 9.40 Å². The summed E-state index contributed by atoms with van der Waals surface area (Å²) in [5.74, 6) is -0.437. The van der Waals surface area contributed by atoms with Crippen molar-refractivity contribution in [1.29, 1.82) is 0 Å². The first-order chi connectivity index (χ1) is 13.8. The van der Waals surface area contributed by atoms with E-state index in [0.717, 1.165) is 17.4 Å². The minimum atomic E-state index is -3.60. The summed E-state index contributed by atoms with van der Waals surface area (Å²) >= 11 is 6.11. The van der Waals surface area contributed by atoms with E-state index in [0.29, 0.717) is 16.4 Å². The fraction of sp³-hybridized carbons (Fsp3) is 0.211. The number of nitrogens with zero attached hydrogens (tertiary/aromatic N) is 4. The number of aromatic nitrogens is 3. The van der Waals surface area contributed by atoms with Gasteiger partial charge in [-0.25, -0.2) is 18.1 Å². The van der Waals surface area contributed by atoms with Gasteiger partial charge in [0, 0.05) is 11.6 Å². The third-order valence-corrected chi connectivity index (χ3v) is 6.29. The van der Waals surface area contributed by atoms with Gasteiger partial charge in [0.1, 0.15) is 18.7 Å². The van der Waals surface area contributed by atoms with Crippen molar-refractivity contribution in [3.8, 4) is 5.69 Å². The molecule has 0 saturated heterocycles. The van der Waals surface area contributed by atoms with E-state index < -0.39 is 22.0 Å². The highest BCUT2D eigenvalue weighted by Gasteiger charge is 2.37. The molecule has 2 heterocycles. The standard InChI is InChI=1S/C19H18ClN5O3S/c1-29(27,28)25-10-14-5-3-2-4-13(14)8-18(25)19(26)23-16-9-15(20)6-7-17(16)24-12-21-11-22-24/h2-7,9,11-12,18H,8,10H2,1H3,(H,23,26). The van der Waals surface area contributed by atoms with E-state index >= 15 is 0 Å². The molecule has 1 aromatic heterocycles. The first-order valence-electron chi connectivity index (χ1n) is 8.82. The van der Waals surface area contributed by atoms with Crippen LogP contribution in [0.25, 0.3) is 5.69 Å². The van der Waals surface area contributed by atoms with Gasteiger partial charge in [0.25, 0.3) is 0 Å². The van der Waals surface area contributed by atoms with Crippen molar-refractivity contribution >= 4 is 33.2 Å². The summed E-state index contributed by atoms with van der Waals surface area (Å²) in [4.78, 5) is 17.1. The van der Waals surface area contributed by atoms with Crippen LogP contribution in [0, 0.1) is 0 Å². The molecule has 0 aliphatic carbocycles. The zero-order valence-electron chi connectivity index (χ0n) is 15.5. The number of sulfonamides is 1. The summed E-state index contributed by atoms with van der Waals surface area (Å²) < 4.78 is 27.5. The number of carbonyl (C=O) groups is 1. The van der Waals surface area contributed by atoms with E-state index in [2.05, 4.69) is 15.4 Å². The molecule has 29 heavy (non-hydrogen) atoms. The van der Waals surface area contributed by atoms with Crippen LogP contribution in [0.5, 0.6) is 0 Å². The first kappa shape index (κ1) is 19.6. The SMILES string of the molecule is CS(=O)(=O)N1Cc2ccccc2CC1C(=O)Nc1cc(Cl)ccc1-n1cncn1. The van der Waals surface area contributed by atoms with Gasteiger partial charge in [0.2, 0.25) is 15.9 Å². The lowest BCUT2D eigenvalue weighted by atomic mass is 9.95. The molecule has 0 saturated carbocycles. The summed E-state index contributed by atoms with van der Waals surface area (Å²) in [5.41, 5.74) is 2.84. The van der Waals surface area contributed by atoms with Crippen LogP contribution in [0.4, 0.5) is 5.69 Å². The van der Waals surface area contributed by atoms with Crippen molar-refractivity contribution in [1.82, 2.24) is 19.1 Å². The van der Waals surface area contributed by atoms with Gasteiger partial charge in [0.15, 0.2) is 0 Å². The van der Waals surface area contributed by atoms with Gasteiger partial charge in [-0.15, -0.1) is 0 Å². The first-order valence-corrected chi connectivity index (χ1v) is 11.0. The molecule has 2 aromatic carbocycles. The zero-order chi connectivity index (χ0) is 20.6. The molecule has 0 bridgehead atoms. The van der Waals surface area contributed by atoms with E-state index in [-0.39, 0.29) is 13.0 Å². The maximum absolute atomic E-state index is 13.2. The monoisotopic (exact) mass is 431 g/mol. The number of anilines is 1. The van der Waals surface area contributed by atoms with E-state index in [1.807, 2.05) is 24.3 Å². The summed E-state index contributed by atoms with van der Waals surface area (Å²) in [7, 11) is -3.60. The Balaban J connectivity index is 1.68. The fourth-order valence-electron chi connectivity index (χ4n) is 3.43. The number of carbonyl (C=O) groups excluding carboxylic acids is 1. The lowest BCUT2D eigenvalue weighted by molar-refractivity contribution is -0.120. The molecule has 1 N–H and O–H groups in total. The molecule has 8 nitrogen and oxygen atoms in total. The Hall–Kier alpha value is -2.75. The molecule has 150 valence electrons. The zero-order valence-corrected chi connectivity index (χ0v) is 17.1. The summed E-state index contributed by atoms with van der Waals surface area (Å²) in [6.45, 7) is 0.151. The Labute approximate surface area is 173 Å². The van der Waals surface area contributed by atoms with Crippen molar-refractivity contribution in [3.05, 3.63) is 71.3 Å². The number of benzene rings is 2. The van der Waals surface area contributed by atoms with Crippen molar-refractivity contribution in [2.24, 2.45) is 0 Å². The topological polar surface area (TPSA) is 97.2 Å². The number of nitrogens with one attached hydrogen (secondary N) is 1. The largest absolute Gasteiger partial charge is 0.323 e. The lowest BCUT2D eigenvalue weighted by Gasteiger charge is -2.34. The van der Waals surface area contributed by atoms with Crippen LogP contribution in [-0.2, 0) is 27.8 Å². The summed E-state index contributed by atoms with van der Waals surface area (Å²) in [6, 6.07) is 11.6. The predicted octanol–water partition coefficient (Wildman–Crippen LogP) is 2.25. The van der Waals surface area contributed by atoms with Crippen LogP contribution in [0.2, 0.25) is 5.02 Å². The average Bonchev–Trinajstić information content (AvgIpc) is 3.21. The van der Waals surface area contributed by atoms with Crippen LogP contribution in [0.3, 0.4) is 0 Å². The van der Waals surface area contributed by atoms with E-state index in [1.165, 1.54) is 21.6 Å². The second-order valence-electron chi connectivity index (χ2n) is 6.79. The number of halogens is 1. The fourth-order valence-corrected chi connectivity index (χ4v) is 4.61. The van der Waals surface area contributed by atoms with Crippen molar-refractivity contribution in [3.63, 3.8) is 0 Å². The average molecular weight is 432 g/mol. The van der Waals surface area contributed by atoms with E-state index in [9.17, 15) is 13.2 Å². The van der Waals surface area contributed by atoms with Gasteiger partial charge in [-0.1, -0.05) is 35.9 Å². The maximum atomic E-state index is 13.2. The highest BCUT2D eigenvalue weighted by Crippen LogP contribution is 2.28. The lowest BCUT2D eigenvalue weighted by Crippen LogP contribution is -2.50. The normalized spacial score (nSPS) is 17.0. The highest BCUT2D eigenvalue weighted by molar-refractivity contribution is 7.88. The number of amides is 1. The number of hydrogen-bond acceptors (Lipinski definition) is 5. The molecular formula is C19H18ClN5O3S.